The molecule has 0 aromatic carbocycles. The lowest BCUT2D eigenvalue weighted by molar-refractivity contribution is 0.0799. The van der Waals surface area contributed by atoms with Crippen molar-refractivity contribution in [2.45, 2.75) is 32.4 Å². The molecule has 2 nitrogen and oxygen atoms in total. The fourth-order valence-electron chi connectivity index (χ4n) is 0.974. The second kappa shape index (κ2) is 3.18. The second-order valence-electron chi connectivity index (χ2n) is 2.78. The van der Waals surface area contributed by atoms with Gasteiger partial charge < -0.3 is 10.1 Å². The molecule has 0 radical (unpaired) electrons. The topological polar surface area (TPSA) is 21.3 Å². The van der Waals surface area contributed by atoms with Crippen LogP contribution >= 0.6 is 0 Å². The van der Waals surface area contributed by atoms with Crippen LogP contribution in [0.3, 0.4) is 0 Å². The minimum atomic E-state index is 0.398. The Labute approximate surface area is 56.6 Å². The normalized spacial score (nSPS) is 38.0. The van der Waals surface area contributed by atoms with Gasteiger partial charge >= 0.3 is 0 Å². The Hall–Kier alpha value is -0.0800. The molecule has 0 aromatic heterocycles. The Kier molecular flexibility index (Phi) is 2.49. The zero-order chi connectivity index (χ0) is 6.69. The highest BCUT2D eigenvalue weighted by Crippen LogP contribution is 2.00. The molecule has 1 N–H and O–H groups in total. The van der Waals surface area contributed by atoms with Crippen LogP contribution < -0.4 is 5.32 Å². The number of ether oxygens (including phenoxy) is 1. The lowest BCUT2D eigenvalue weighted by Crippen LogP contribution is -2.29. The quantitative estimate of drug-likeness (QED) is 0.521. The highest BCUT2D eigenvalue weighted by Gasteiger charge is 2.10. The summed E-state index contributed by atoms with van der Waals surface area (Å²) in [5.41, 5.74) is 0. The minimum Gasteiger partial charge on any atom is -0.377 e. The predicted molar refractivity (Wildman–Crippen MR) is 37.5 cm³/mol. The average molecular weight is 129 g/mol. The van der Waals surface area contributed by atoms with Crippen LogP contribution in [0.2, 0.25) is 0 Å². The molecule has 9 heavy (non-hydrogen) atoms. The van der Waals surface area contributed by atoms with Gasteiger partial charge in [-0.15, -0.1) is 0 Å². The maximum Gasteiger partial charge on any atom is 0.0671 e. The molecule has 1 fully saturated rings. The molecular weight excluding hydrogens is 114 g/mol. The number of hydrogen-bond acceptors (Lipinski definition) is 2. The molecule has 1 saturated heterocycles. The first-order valence-corrected chi connectivity index (χ1v) is 3.64. The van der Waals surface area contributed by atoms with Gasteiger partial charge in [0.15, 0.2) is 0 Å². The summed E-state index contributed by atoms with van der Waals surface area (Å²) < 4.78 is 5.41. The van der Waals surface area contributed by atoms with Crippen LogP contribution in [-0.4, -0.2) is 25.3 Å². The molecule has 0 unspecified atom stereocenters. The Morgan fingerprint density at radius 3 is 3.00 bits per heavy atom. The van der Waals surface area contributed by atoms with E-state index in [1.807, 2.05) is 0 Å². The van der Waals surface area contributed by atoms with Crippen LogP contribution in [0.25, 0.3) is 0 Å². The monoisotopic (exact) mass is 129 g/mol. The summed E-state index contributed by atoms with van der Waals surface area (Å²) in [5, 5.41) is 3.37. The van der Waals surface area contributed by atoms with Crippen LogP contribution in [-0.2, 0) is 4.74 Å². The van der Waals surface area contributed by atoms with Gasteiger partial charge in [0.05, 0.1) is 6.10 Å². The van der Waals surface area contributed by atoms with E-state index in [9.17, 15) is 0 Å². The van der Waals surface area contributed by atoms with Crippen molar-refractivity contribution < 1.29 is 4.74 Å². The van der Waals surface area contributed by atoms with Gasteiger partial charge in [0.2, 0.25) is 0 Å². The fraction of sp³-hybridized carbons (Fsp3) is 1.00. The SMILES string of the molecule is C[C@H]1CCO[C@@H](C)CN1. The van der Waals surface area contributed by atoms with Gasteiger partial charge in [0.25, 0.3) is 0 Å². The summed E-state index contributed by atoms with van der Waals surface area (Å²) in [7, 11) is 0. The molecular formula is C7H15NO. The van der Waals surface area contributed by atoms with Crippen LogP contribution in [0, 0.1) is 0 Å². The molecule has 1 aliphatic rings. The zero-order valence-electron chi connectivity index (χ0n) is 6.18. The van der Waals surface area contributed by atoms with Gasteiger partial charge in [-0.3, -0.25) is 0 Å². The van der Waals surface area contributed by atoms with E-state index in [0.29, 0.717) is 12.1 Å². The summed E-state index contributed by atoms with van der Waals surface area (Å²) in [5.74, 6) is 0. The van der Waals surface area contributed by atoms with Crippen LogP contribution in [0.4, 0.5) is 0 Å². The summed E-state index contributed by atoms with van der Waals surface area (Å²) in [6.07, 6.45) is 1.54. The Morgan fingerprint density at radius 1 is 1.44 bits per heavy atom. The van der Waals surface area contributed by atoms with Crippen LogP contribution in [0.5, 0.6) is 0 Å². The lowest BCUT2D eigenvalue weighted by Gasteiger charge is -2.08. The van der Waals surface area contributed by atoms with Crippen molar-refractivity contribution in [1.82, 2.24) is 5.32 Å². The Balaban J connectivity index is 2.25. The first-order valence-electron chi connectivity index (χ1n) is 3.64. The average Bonchev–Trinajstić information content (AvgIpc) is 1.97. The highest BCUT2D eigenvalue weighted by atomic mass is 16.5. The van der Waals surface area contributed by atoms with E-state index >= 15 is 0 Å². The van der Waals surface area contributed by atoms with Crippen molar-refractivity contribution in [3.63, 3.8) is 0 Å². The molecule has 0 aromatic rings. The standard InChI is InChI=1S/C7H15NO/c1-6-3-4-9-7(2)5-8-6/h6-8H,3-5H2,1-2H3/t6-,7-/m0/s1. The van der Waals surface area contributed by atoms with Gasteiger partial charge in [0.1, 0.15) is 0 Å². The molecule has 0 spiro atoms. The van der Waals surface area contributed by atoms with E-state index in [1.54, 1.807) is 0 Å². The second-order valence-corrected chi connectivity index (χ2v) is 2.78. The van der Waals surface area contributed by atoms with E-state index in [1.165, 1.54) is 0 Å². The maximum atomic E-state index is 5.41. The molecule has 0 amide bonds. The van der Waals surface area contributed by atoms with Crippen molar-refractivity contribution in [2.24, 2.45) is 0 Å². The fourth-order valence-corrected chi connectivity index (χ4v) is 0.974. The van der Waals surface area contributed by atoms with E-state index in [0.717, 1.165) is 19.6 Å². The van der Waals surface area contributed by atoms with Crippen molar-refractivity contribution in [2.75, 3.05) is 13.2 Å². The smallest absolute Gasteiger partial charge is 0.0671 e. The van der Waals surface area contributed by atoms with Crippen LogP contribution in [0.1, 0.15) is 20.3 Å². The summed E-state index contributed by atoms with van der Waals surface area (Å²) >= 11 is 0. The first kappa shape index (κ1) is 7.03. The first-order chi connectivity index (χ1) is 4.29. The molecule has 2 atom stereocenters. The van der Waals surface area contributed by atoms with Gasteiger partial charge in [-0.1, -0.05) is 0 Å². The highest BCUT2D eigenvalue weighted by molar-refractivity contribution is 4.67. The number of rotatable bonds is 0. The van der Waals surface area contributed by atoms with Gasteiger partial charge in [-0.25, -0.2) is 0 Å². The zero-order valence-corrected chi connectivity index (χ0v) is 6.18. The predicted octanol–water partition coefficient (Wildman–Crippen LogP) is 0.773. The van der Waals surface area contributed by atoms with E-state index in [2.05, 4.69) is 19.2 Å². The lowest BCUT2D eigenvalue weighted by atomic mass is 10.2. The van der Waals surface area contributed by atoms with Gasteiger partial charge in [0, 0.05) is 19.2 Å². The Bertz CT molecular complexity index is 75.0. The molecule has 0 saturated carbocycles. The van der Waals surface area contributed by atoms with E-state index in [4.69, 9.17) is 4.74 Å². The van der Waals surface area contributed by atoms with Crippen molar-refractivity contribution in [3.05, 3.63) is 0 Å². The molecule has 54 valence electrons. The van der Waals surface area contributed by atoms with Gasteiger partial charge in [-0.2, -0.15) is 0 Å². The molecule has 0 bridgehead atoms. The van der Waals surface area contributed by atoms with Gasteiger partial charge in [-0.05, 0) is 20.3 Å². The van der Waals surface area contributed by atoms with E-state index < -0.39 is 0 Å². The molecule has 0 aliphatic carbocycles. The third-order valence-corrected chi connectivity index (χ3v) is 1.71. The third-order valence-electron chi connectivity index (χ3n) is 1.71. The molecule has 1 heterocycles. The molecule has 2 heteroatoms. The van der Waals surface area contributed by atoms with Crippen LogP contribution in [0.15, 0.2) is 0 Å². The number of nitrogens with one attached hydrogen (secondary N) is 1. The molecule has 1 rings (SSSR count). The molecule has 1 aliphatic heterocycles. The summed E-state index contributed by atoms with van der Waals surface area (Å²) in [6, 6.07) is 0.634. The number of hydrogen-bond donors (Lipinski definition) is 1. The van der Waals surface area contributed by atoms with Crippen molar-refractivity contribution in [1.29, 1.82) is 0 Å². The third kappa shape index (κ3) is 2.33. The largest absolute Gasteiger partial charge is 0.377 e. The van der Waals surface area contributed by atoms with E-state index in [-0.39, 0.29) is 0 Å². The maximum absolute atomic E-state index is 5.41. The van der Waals surface area contributed by atoms with Crippen molar-refractivity contribution >= 4 is 0 Å². The van der Waals surface area contributed by atoms with Crippen molar-refractivity contribution in [3.8, 4) is 0 Å². The summed E-state index contributed by atoms with van der Waals surface area (Å²) in [6.45, 7) is 6.21. The Morgan fingerprint density at radius 2 is 2.22 bits per heavy atom. The minimum absolute atomic E-state index is 0.398. The summed E-state index contributed by atoms with van der Waals surface area (Å²) in [4.78, 5) is 0.